The number of halogens is 2. The van der Waals surface area contributed by atoms with Crippen LogP contribution in [0.1, 0.15) is 30.0 Å². The standard InChI is InChI=1S/C18H19ClN2O2.ClH/c19-13-4-7-15(8-5-13)23-11-18(22)21-17-3-1-2-12-10-14(20)6-9-16(12)17;/h4-10,17H,1-3,11,20H2,(H,21,22);1H. The van der Waals surface area contributed by atoms with Crippen LogP contribution in [0.2, 0.25) is 5.02 Å². The molecule has 0 spiro atoms. The first-order chi connectivity index (χ1) is 11.1. The summed E-state index contributed by atoms with van der Waals surface area (Å²) in [6, 6.07) is 12.9. The molecule has 1 aliphatic rings. The lowest BCUT2D eigenvalue weighted by atomic mass is 9.87. The molecular formula is C18H20Cl2N2O2. The molecule has 1 unspecified atom stereocenters. The highest BCUT2D eigenvalue weighted by Crippen LogP contribution is 2.30. The number of fused-ring (bicyclic) bond motifs is 1. The van der Waals surface area contributed by atoms with Gasteiger partial charge in [-0.1, -0.05) is 17.7 Å². The molecule has 0 radical (unpaired) electrons. The molecule has 128 valence electrons. The molecule has 0 aromatic heterocycles. The summed E-state index contributed by atoms with van der Waals surface area (Å²) in [5, 5.41) is 3.68. The number of hydrogen-bond acceptors (Lipinski definition) is 3. The van der Waals surface area contributed by atoms with Crippen molar-refractivity contribution in [3.05, 3.63) is 58.6 Å². The van der Waals surface area contributed by atoms with Crippen LogP contribution in [0.15, 0.2) is 42.5 Å². The largest absolute Gasteiger partial charge is 0.484 e. The minimum atomic E-state index is -0.130. The fraction of sp³-hybridized carbons (Fsp3) is 0.278. The summed E-state index contributed by atoms with van der Waals surface area (Å²) in [4.78, 5) is 12.1. The van der Waals surface area contributed by atoms with Gasteiger partial charge in [0.2, 0.25) is 0 Å². The van der Waals surface area contributed by atoms with E-state index in [1.165, 1.54) is 5.56 Å². The predicted molar refractivity (Wildman–Crippen MR) is 98.9 cm³/mol. The fourth-order valence-corrected chi connectivity index (χ4v) is 3.03. The predicted octanol–water partition coefficient (Wildman–Crippen LogP) is 3.92. The fourth-order valence-electron chi connectivity index (χ4n) is 2.90. The maximum atomic E-state index is 12.1. The van der Waals surface area contributed by atoms with E-state index in [2.05, 4.69) is 5.32 Å². The van der Waals surface area contributed by atoms with Gasteiger partial charge in [-0.3, -0.25) is 4.79 Å². The third-order valence-corrected chi connectivity index (χ3v) is 4.25. The number of benzene rings is 2. The molecule has 2 aromatic carbocycles. The molecule has 0 heterocycles. The van der Waals surface area contributed by atoms with E-state index in [4.69, 9.17) is 22.1 Å². The highest BCUT2D eigenvalue weighted by atomic mass is 35.5. The molecule has 6 heteroatoms. The summed E-state index contributed by atoms with van der Waals surface area (Å²) in [6.45, 7) is -0.0115. The first-order valence-electron chi connectivity index (χ1n) is 7.68. The Labute approximate surface area is 152 Å². The van der Waals surface area contributed by atoms with Crippen LogP contribution in [-0.4, -0.2) is 12.5 Å². The average Bonchev–Trinajstić information content (AvgIpc) is 2.54. The van der Waals surface area contributed by atoms with Gasteiger partial charge >= 0.3 is 0 Å². The molecule has 1 amide bonds. The minimum absolute atomic E-state index is 0. The van der Waals surface area contributed by atoms with Gasteiger partial charge in [0.1, 0.15) is 5.75 Å². The molecule has 1 atom stereocenters. The van der Waals surface area contributed by atoms with E-state index >= 15 is 0 Å². The number of nitrogen functional groups attached to an aromatic ring is 1. The average molecular weight is 367 g/mol. The quantitative estimate of drug-likeness (QED) is 0.806. The zero-order chi connectivity index (χ0) is 16.2. The van der Waals surface area contributed by atoms with Crippen LogP contribution in [0, 0.1) is 0 Å². The molecule has 0 bridgehead atoms. The smallest absolute Gasteiger partial charge is 0.258 e. The highest BCUT2D eigenvalue weighted by molar-refractivity contribution is 6.30. The first kappa shape index (κ1) is 18.4. The zero-order valence-electron chi connectivity index (χ0n) is 13.1. The molecule has 4 nitrogen and oxygen atoms in total. The molecule has 0 saturated heterocycles. The maximum absolute atomic E-state index is 12.1. The van der Waals surface area contributed by atoms with E-state index in [9.17, 15) is 4.79 Å². The Morgan fingerprint density at radius 2 is 2.00 bits per heavy atom. The van der Waals surface area contributed by atoms with Gasteiger partial charge in [-0.15, -0.1) is 12.4 Å². The van der Waals surface area contributed by atoms with Crippen LogP contribution in [0.3, 0.4) is 0 Å². The van der Waals surface area contributed by atoms with E-state index in [1.54, 1.807) is 24.3 Å². The van der Waals surface area contributed by atoms with Crippen molar-refractivity contribution in [1.82, 2.24) is 5.32 Å². The van der Waals surface area contributed by atoms with Crippen LogP contribution in [0.25, 0.3) is 0 Å². The van der Waals surface area contributed by atoms with Gasteiger partial charge in [-0.2, -0.15) is 0 Å². The van der Waals surface area contributed by atoms with Crippen LogP contribution >= 0.6 is 24.0 Å². The third-order valence-electron chi connectivity index (χ3n) is 4.00. The first-order valence-corrected chi connectivity index (χ1v) is 8.05. The van der Waals surface area contributed by atoms with Crippen LogP contribution in [0.4, 0.5) is 5.69 Å². The Balaban J connectivity index is 0.00000208. The second-order valence-corrected chi connectivity index (χ2v) is 6.15. The molecule has 1 aliphatic carbocycles. The lowest BCUT2D eigenvalue weighted by Gasteiger charge is -2.26. The van der Waals surface area contributed by atoms with Crippen molar-refractivity contribution in [2.24, 2.45) is 0 Å². The van der Waals surface area contributed by atoms with Crippen LogP contribution in [-0.2, 0) is 11.2 Å². The van der Waals surface area contributed by atoms with Gasteiger partial charge in [-0.25, -0.2) is 0 Å². The second kappa shape index (κ2) is 8.27. The number of anilines is 1. The highest BCUT2D eigenvalue weighted by Gasteiger charge is 2.21. The number of carbonyl (C=O) groups is 1. The molecule has 0 saturated carbocycles. The van der Waals surface area contributed by atoms with Gasteiger partial charge in [0.05, 0.1) is 6.04 Å². The van der Waals surface area contributed by atoms with Crippen molar-refractivity contribution in [3.63, 3.8) is 0 Å². The van der Waals surface area contributed by atoms with Gasteiger partial charge in [-0.05, 0) is 66.8 Å². The molecule has 3 N–H and O–H groups in total. The Bertz CT molecular complexity index is 705. The van der Waals surface area contributed by atoms with Crippen LogP contribution in [0.5, 0.6) is 5.75 Å². The van der Waals surface area contributed by atoms with Crippen molar-refractivity contribution < 1.29 is 9.53 Å². The number of rotatable bonds is 4. The number of nitrogens with two attached hydrogens (primary N) is 1. The lowest BCUT2D eigenvalue weighted by molar-refractivity contribution is -0.123. The number of amides is 1. The second-order valence-electron chi connectivity index (χ2n) is 5.71. The van der Waals surface area contributed by atoms with Gasteiger partial charge in [0, 0.05) is 10.7 Å². The van der Waals surface area contributed by atoms with E-state index in [0.717, 1.165) is 30.5 Å². The van der Waals surface area contributed by atoms with Crippen LogP contribution < -0.4 is 15.8 Å². The topological polar surface area (TPSA) is 64.3 Å². The summed E-state index contributed by atoms with van der Waals surface area (Å²) in [5.41, 5.74) is 8.98. The Morgan fingerprint density at radius 1 is 1.25 bits per heavy atom. The van der Waals surface area contributed by atoms with Crippen molar-refractivity contribution in [2.45, 2.75) is 25.3 Å². The van der Waals surface area contributed by atoms with E-state index < -0.39 is 0 Å². The summed E-state index contributed by atoms with van der Waals surface area (Å²) >= 11 is 5.82. The number of aryl methyl sites for hydroxylation is 1. The summed E-state index contributed by atoms with van der Waals surface area (Å²) in [7, 11) is 0. The van der Waals surface area contributed by atoms with Gasteiger partial charge in [0.15, 0.2) is 6.61 Å². The van der Waals surface area contributed by atoms with Crippen molar-refractivity contribution in [1.29, 1.82) is 0 Å². The van der Waals surface area contributed by atoms with Crippen molar-refractivity contribution in [3.8, 4) is 5.75 Å². The van der Waals surface area contributed by atoms with E-state index in [1.807, 2.05) is 18.2 Å². The molecule has 0 aliphatic heterocycles. The lowest BCUT2D eigenvalue weighted by Crippen LogP contribution is -2.34. The summed E-state index contributed by atoms with van der Waals surface area (Å²) < 4.78 is 5.48. The van der Waals surface area contributed by atoms with Crippen molar-refractivity contribution >= 4 is 35.6 Å². The molecule has 0 fully saturated rings. The van der Waals surface area contributed by atoms with Gasteiger partial charge in [0.25, 0.3) is 5.91 Å². The maximum Gasteiger partial charge on any atom is 0.258 e. The van der Waals surface area contributed by atoms with Gasteiger partial charge < -0.3 is 15.8 Å². The molecule has 2 aromatic rings. The minimum Gasteiger partial charge on any atom is -0.484 e. The number of ether oxygens (including phenoxy) is 1. The number of nitrogens with one attached hydrogen (secondary N) is 1. The zero-order valence-corrected chi connectivity index (χ0v) is 14.7. The third kappa shape index (κ3) is 4.56. The SMILES string of the molecule is Cl.Nc1ccc2c(c1)CCCC2NC(=O)COc1ccc(Cl)cc1. The Kier molecular flexibility index (Phi) is 6.35. The summed E-state index contributed by atoms with van der Waals surface area (Å²) in [6.07, 6.45) is 2.98. The Morgan fingerprint density at radius 3 is 2.75 bits per heavy atom. The normalized spacial score (nSPS) is 15.8. The van der Waals surface area contributed by atoms with Crippen molar-refractivity contribution in [2.75, 3.05) is 12.3 Å². The Hall–Kier alpha value is -1.91. The number of hydrogen-bond donors (Lipinski definition) is 2. The molecule has 24 heavy (non-hydrogen) atoms. The van der Waals surface area contributed by atoms with E-state index in [-0.39, 0.29) is 31.0 Å². The monoisotopic (exact) mass is 366 g/mol. The number of carbonyl (C=O) groups excluding carboxylic acids is 1. The molecule has 3 rings (SSSR count). The molecular weight excluding hydrogens is 347 g/mol. The summed E-state index contributed by atoms with van der Waals surface area (Å²) in [5.74, 6) is 0.496. The van der Waals surface area contributed by atoms with E-state index in [0.29, 0.717) is 10.8 Å².